The van der Waals surface area contributed by atoms with E-state index in [0.29, 0.717) is 17.1 Å². The Bertz CT molecular complexity index is 935. The number of nitrogens with zero attached hydrogens (tertiary/aromatic N) is 2. The van der Waals surface area contributed by atoms with Crippen molar-refractivity contribution < 1.29 is 9.53 Å². The second-order valence-electron chi connectivity index (χ2n) is 5.61. The highest BCUT2D eigenvalue weighted by molar-refractivity contribution is 6.07. The third kappa shape index (κ3) is 3.26. The van der Waals surface area contributed by atoms with Gasteiger partial charge in [-0.25, -0.2) is 9.97 Å². The predicted octanol–water partition coefficient (Wildman–Crippen LogP) is 3.56. The van der Waals surface area contributed by atoms with E-state index in [0.717, 1.165) is 16.9 Å². The first kappa shape index (κ1) is 15.1. The summed E-state index contributed by atoms with van der Waals surface area (Å²) in [5.41, 5.74) is 2.94. The molecular formula is C20H15N3O2. The first-order valence-corrected chi connectivity index (χ1v) is 7.91. The molecule has 0 saturated heterocycles. The summed E-state index contributed by atoms with van der Waals surface area (Å²) in [6.45, 7) is 0.242. The summed E-state index contributed by atoms with van der Waals surface area (Å²) in [6.07, 6.45) is 5.05. The van der Waals surface area contributed by atoms with Gasteiger partial charge in [-0.05, 0) is 12.1 Å². The molecule has 1 aromatic heterocycles. The highest BCUT2D eigenvalue weighted by atomic mass is 16.5. The number of aromatic nitrogens is 2. The van der Waals surface area contributed by atoms with E-state index in [1.54, 1.807) is 12.4 Å². The lowest BCUT2D eigenvalue weighted by atomic mass is 10.1. The number of anilines is 1. The minimum absolute atomic E-state index is 0.217. The minimum Gasteiger partial charge on any atom is -0.488 e. The van der Waals surface area contributed by atoms with Crippen molar-refractivity contribution >= 4 is 17.7 Å². The Labute approximate surface area is 145 Å². The summed E-state index contributed by atoms with van der Waals surface area (Å²) in [4.78, 5) is 21.0. The molecule has 5 heteroatoms. The van der Waals surface area contributed by atoms with Crippen LogP contribution in [0.25, 0.3) is 17.5 Å². The Balaban J connectivity index is 1.49. The highest BCUT2D eigenvalue weighted by Gasteiger charge is 2.17. The molecule has 5 nitrogen and oxygen atoms in total. The van der Waals surface area contributed by atoms with E-state index in [-0.39, 0.29) is 12.5 Å². The quantitative estimate of drug-likeness (QED) is 0.798. The molecule has 122 valence electrons. The van der Waals surface area contributed by atoms with Crippen LogP contribution in [-0.2, 0) is 4.79 Å². The minimum atomic E-state index is -0.217. The van der Waals surface area contributed by atoms with Crippen LogP contribution in [0.1, 0.15) is 5.56 Å². The van der Waals surface area contributed by atoms with Gasteiger partial charge in [0.05, 0.1) is 23.7 Å². The zero-order valence-corrected chi connectivity index (χ0v) is 13.3. The standard InChI is InChI=1S/C20H15N3O2/c24-20(16-10-15-8-4-5-9-18(15)25-13-16)23-17-11-21-19(22-12-17)14-6-2-1-3-7-14/h1-12H,13H2,(H,23,24). The number of nitrogens with one attached hydrogen (secondary N) is 1. The van der Waals surface area contributed by atoms with Crippen LogP contribution in [0.15, 0.2) is 72.6 Å². The Morgan fingerprint density at radius 1 is 0.960 bits per heavy atom. The van der Waals surface area contributed by atoms with Crippen LogP contribution in [0.3, 0.4) is 0 Å². The lowest BCUT2D eigenvalue weighted by Gasteiger charge is -2.17. The normalized spacial score (nSPS) is 12.6. The molecule has 0 saturated carbocycles. The number of amides is 1. The fourth-order valence-electron chi connectivity index (χ4n) is 2.59. The molecule has 1 aliphatic heterocycles. The molecule has 0 spiro atoms. The second kappa shape index (κ2) is 6.57. The molecule has 0 unspecified atom stereocenters. The maximum absolute atomic E-state index is 12.4. The van der Waals surface area contributed by atoms with Crippen LogP contribution in [-0.4, -0.2) is 22.5 Å². The van der Waals surface area contributed by atoms with Crippen molar-refractivity contribution in [3.05, 3.63) is 78.1 Å². The molecule has 4 rings (SSSR count). The van der Waals surface area contributed by atoms with Gasteiger partial charge in [-0.2, -0.15) is 0 Å². The number of rotatable bonds is 3. The van der Waals surface area contributed by atoms with Gasteiger partial charge in [0.1, 0.15) is 12.4 Å². The molecule has 1 amide bonds. The van der Waals surface area contributed by atoms with Gasteiger partial charge in [-0.3, -0.25) is 4.79 Å². The number of fused-ring (bicyclic) bond motifs is 1. The van der Waals surface area contributed by atoms with Crippen molar-refractivity contribution in [1.29, 1.82) is 0 Å². The molecule has 3 aromatic rings. The van der Waals surface area contributed by atoms with E-state index in [9.17, 15) is 4.79 Å². The van der Waals surface area contributed by atoms with Gasteiger partial charge < -0.3 is 10.1 Å². The number of hydrogen-bond donors (Lipinski definition) is 1. The zero-order valence-electron chi connectivity index (χ0n) is 13.3. The summed E-state index contributed by atoms with van der Waals surface area (Å²) < 4.78 is 5.61. The highest BCUT2D eigenvalue weighted by Crippen LogP contribution is 2.26. The zero-order chi connectivity index (χ0) is 17.1. The Kier molecular flexibility index (Phi) is 3.96. The van der Waals surface area contributed by atoms with Gasteiger partial charge in [0, 0.05) is 11.1 Å². The summed E-state index contributed by atoms with van der Waals surface area (Å²) in [7, 11) is 0. The molecule has 25 heavy (non-hydrogen) atoms. The Hall–Kier alpha value is -3.47. The van der Waals surface area contributed by atoms with Crippen molar-refractivity contribution in [3.8, 4) is 17.1 Å². The van der Waals surface area contributed by atoms with Gasteiger partial charge in [0.25, 0.3) is 5.91 Å². The maximum atomic E-state index is 12.4. The molecule has 0 atom stereocenters. The largest absolute Gasteiger partial charge is 0.488 e. The van der Waals surface area contributed by atoms with Crippen molar-refractivity contribution in [3.63, 3.8) is 0 Å². The number of carbonyl (C=O) groups excluding carboxylic acids is 1. The van der Waals surface area contributed by atoms with Gasteiger partial charge >= 0.3 is 0 Å². The third-order valence-electron chi connectivity index (χ3n) is 3.87. The average Bonchev–Trinajstić information content (AvgIpc) is 2.69. The number of ether oxygens (including phenoxy) is 1. The molecular weight excluding hydrogens is 314 g/mol. The van der Waals surface area contributed by atoms with E-state index in [1.165, 1.54) is 0 Å². The molecule has 1 aliphatic rings. The SMILES string of the molecule is O=C(Nc1cnc(-c2ccccc2)nc1)C1=Cc2ccccc2OC1. The van der Waals surface area contributed by atoms with Crippen LogP contribution < -0.4 is 10.1 Å². The van der Waals surface area contributed by atoms with E-state index in [1.807, 2.05) is 60.7 Å². The van der Waals surface area contributed by atoms with E-state index >= 15 is 0 Å². The molecule has 0 aliphatic carbocycles. The lowest BCUT2D eigenvalue weighted by Crippen LogP contribution is -2.21. The first-order chi connectivity index (χ1) is 12.3. The van der Waals surface area contributed by atoms with Crippen LogP contribution in [0, 0.1) is 0 Å². The predicted molar refractivity (Wildman–Crippen MR) is 96.0 cm³/mol. The van der Waals surface area contributed by atoms with E-state index < -0.39 is 0 Å². The van der Waals surface area contributed by atoms with E-state index in [2.05, 4.69) is 15.3 Å². The molecule has 0 fully saturated rings. The monoisotopic (exact) mass is 329 g/mol. The second-order valence-corrected chi connectivity index (χ2v) is 5.61. The fraction of sp³-hybridized carbons (Fsp3) is 0.0500. The van der Waals surface area contributed by atoms with E-state index in [4.69, 9.17) is 4.74 Å². The smallest absolute Gasteiger partial charge is 0.255 e. The summed E-state index contributed by atoms with van der Waals surface area (Å²) in [5.74, 6) is 1.19. The van der Waals surface area contributed by atoms with Gasteiger partial charge in [0.15, 0.2) is 5.82 Å². The van der Waals surface area contributed by atoms with Gasteiger partial charge in [-0.1, -0.05) is 48.5 Å². The molecule has 0 radical (unpaired) electrons. The Morgan fingerprint density at radius 3 is 2.48 bits per heavy atom. The van der Waals surface area contributed by atoms with Crippen molar-refractivity contribution in [2.24, 2.45) is 0 Å². The van der Waals surface area contributed by atoms with Crippen LogP contribution in [0.5, 0.6) is 5.75 Å². The number of carbonyl (C=O) groups is 1. The van der Waals surface area contributed by atoms with Crippen molar-refractivity contribution in [2.45, 2.75) is 0 Å². The van der Waals surface area contributed by atoms with Gasteiger partial charge in [-0.15, -0.1) is 0 Å². The maximum Gasteiger partial charge on any atom is 0.255 e. The molecule has 2 heterocycles. The van der Waals surface area contributed by atoms with Crippen molar-refractivity contribution in [2.75, 3.05) is 11.9 Å². The lowest BCUT2D eigenvalue weighted by molar-refractivity contribution is -0.113. The molecule has 2 aromatic carbocycles. The van der Waals surface area contributed by atoms with Crippen molar-refractivity contribution in [1.82, 2.24) is 9.97 Å². The summed E-state index contributed by atoms with van der Waals surface area (Å²) >= 11 is 0. The fourth-order valence-corrected chi connectivity index (χ4v) is 2.59. The summed E-state index contributed by atoms with van der Waals surface area (Å²) in [5, 5.41) is 2.81. The molecule has 1 N–H and O–H groups in total. The number of benzene rings is 2. The van der Waals surface area contributed by atoms with Crippen LogP contribution in [0.2, 0.25) is 0 Å². The Morgan fingerprint density at radius 2 is 1.68 bits per heavy atom. The van der Waals surface area contributed by atoms with Gasteiger partial charge in [0.2, 0.25) is 0 Å². The first-order valence-electron chi connectivity index (χ1n) is 7.91. The number of para-hydroxylation sites is 1. The van der Waals surface area contributed by atoms with Crippen LogP contribution in [0.4, 0.5) is 5.69 Å². The number of hydrogen-bond acceptors (Lipinski definition) is 4. The summed E-state index contributed by atoms with van der Waals surface area (Å²) in [6, 6.07) is 17.3. The average molecular weight is 329 g/mol. The van der Waals surface area contributed by atoms with Crippen LogP contribution >= 0.6 is 0 Å². The molecule has 0 bridgehead atoms. The topological polar surface area (TPSA) is 64.1 Å². The third-order valence-corrected chi connectivity index (χ3v) is 3.87.